The minimum atomic E-state index is -0.408. The second kappa shape index (κ2) is 6.86. The highest BCUT2D eigenvalue weighted by atomic mass is 16.6. The van der Waals surface area contributed by atoms with Crippen molar-refractivity contribution in [2.75, 3.05) is 6.61 Å². The quantitative estimate of drug-likeness (QED) is 0.612. The molecular formula is C20H24O3. The number of hydrogen-bond acceptors (Lipinski definition) is 3. The third-order valence-electron chi connectivity index (χ3n) is 3.64. The van der Waals surface area contributed by atoms with E-state index >= 15 is 0 Å². The van der Waals surface area contributed by atoms with Crippen molar-refractivity contribution >= 4 is 5.97 Å². The molecule has 0 amide bonds. The van der Waals surface area contributed by atoms with Gasteiger partial charge in [0, 0.05) is 0 Å². The van der Waals surface area contributed by atoms with Crippen LogP contribution < -0.4 is 9.47 Å². The van der Waals surface area contributed by atoms with E-state index in [1.54, 1.807) is 0 Å². The summed E-state index contributed by atoms with van der Waals surface area (Å²) >= 11 is 0. The Morgan fingerprint density at radius 3 is 2.26 bits per heavy atom. The van der Waals surface area contributed by atoms with Gasteiger partial charge < -0.3 is 9.47 Å². The molecule has 0 spiro atoms. The fourth-order valence-electron chi connectivity index (χ4n) is 2.18. The van der Waals surface area contributed by atoms with Gasteiger partial charge in [-0.1, -0.05) is 45.0 Å². The molecule has 0 N–H and O–H groups in total. The molecular weight excluding hydrogens is 288 g/mol. The van der Waals surface area contributed by atoms with Crippen molar-refractivity contribution in [2.24, 2.45) is 0 Å². The van der Waals surface area contributed by atoms with E-state index < -0.39 is 5.97 Å². The molecule has 0 atom stereocenters. The van der Waals surface area contributed by atoms with E-state index in [0.29, 0.717) is 11.5 Å². The first-order valence-electron chi connectivity index (χ1n) is 7.77. The Bertz CT molecular complexity index is 679. The summed E-state index contributed by atoms with van der Waals surface area (Å²) < 4.78 is 10.9. The van der Waals surface area contributed by atoms with Crippen LogP contribution in [0.1, 0.15) is 37.5 Å². The standard InChI is InChI=1S/C20H24O3/c1-14-6-7-15(2)18(12-14)22-13-19(21)23-17-10-8-16(9-11-17)20(3,4)5/h6-12H,13H2,1-5H3. The maximum Gasteiger partial charge on any atom is 0.349 e. The van der Waals surface area contributed by atoms with E-state index in [4.69, 9.17) is 9.47 Å². The molecule has 0 saturated carbocycles. The maximum atomic E-state index is 11.9. The Morgan fingerprint density at radius 1 is 1.00 bits per heavy atom. The summed E-state index contributed by atoms with van der Waals surface area (Å²) in [4.78, 5) is 11.9. The molecule has 2 aromatic carbocycles. The summed E-state index contributed by atoms with van der Waals surface area (Å²) in [5.74, 6) is 0.840. The van der Waals surface area contributed by atoms with Gasteiger partial charge in [-0.05, 0) is 54.2 Å². The number of esters is 1. The molecule has 2 rings (SSSR count). The van der Waals surface area contributed by atoms with Crippen LogP contribution in [0.4, 0.5) is 0 Å². The lowest BCUT2D eigenvalue weighted by Crippen LogP contribution is -2.18. The Balaban J connectivity index is 1.93. The molecule has 0 aromatic heterocycles. The van der Waals surface area contributed by atoms with Crippen molar-refractivity contribution in [1.82, 2.24) is 0 Å². The van der Waals surface area contributed by atoms with E-state index in [0.717, 1.165) is 11.1 Å². The van der Waals surface area contributed by atoms with E-state index in [1.165, 1.54) is 5.56 Å². The van der Waals surface area contributed by atoms with Crippen LogP contribution in [0.3, 0.4) is 0 Å². The lowest BCUT2D eigenvalue weighted by atomic mass is 9.87. The van der Waals surface area contributed by atoms with Gasteiger partial charge in [0.2, 0.25) is 0 Å². The number of ether oxygens (including phenoxy) is 2. The Morgan fingerprint density at radius 2 is 1.65 bits per heavy atom. The van der Waals surface area contributed by atoms with Gasteiger partial charge in [0.15, 0.2) is 6.61 Å². The van der Waals surface area contributed by atoms with Gasteiger partial charge in [-0.3, -0.25) is 0 Å². The van der Waals surface area contributed by atoms with E-state index in [-0.39, 0.29) is 12.0 Å². The average molecular weight is 312 g/mol. The Hall–Kier alpha value is -2.29. The summed E-state index contributed by atoms with van der Waals surface area (Å²) in [6.07, 6.45) is 0. The zero-order valence-corrected chi connectivity index (χ0v) is 14.5. The van der Waals surface area contributed by atoms with Crippen LogP contribution in [0.25, 0.3) is 0 Å². The minimum absolute atomic E-state index is 0.0777. The van der Waals surface area contributed by atoms with E-state index in [9.17, 15) is 4.79 Å². The molecule has 0 saturated heterocycles. The number of aryl methyl sites for hydroxylation is 2. The van der Waals surface area contributed by atoms with Crippen LogP contribution in [-0.4, -0.2) is 12.6 Å². The van der Waals surface area contributed by atoms with Crippen LogP contribution in [-0.2, 0) is 10.2 Å². The molecule has 122 valence electrons. The minimum Gasteiger partial charge on any atom is -0.482 e. The van der Waals surface area contributed by atoms with E-state index in [2.05, 4.69) is 20.8 Å². The fourth-order valence-corrected chi connectivity index (χ4v) is 2.18. The Kier molecular flexibility index (Phi) is 5.09. The number of rotatable bonds is 4. The van der Waals surface area contributed by atoms with Gasteiger partial charge >= 0.3 is 5.97 Å². The molecule has 0 heterocycles. The van der Waals surface area contributed by atoms with E-state index in [1.807, 2.05) is 56.3 Å². The zero-order valence-electron chi connectivity index (χ0n) is 14.5. The second-order valence-corrected chi connectivity index (χ2v) is 6.81. The third-order valence-corrected chi connectivity index (χ3v) is 3.64. The van der Waals surface area contributed by atoms with Crippen LogP contribution in [0.2, 0.25) is 0 Å². The SMILES string of the molecule is Cc1ccc(C)c(OCC(=O)Oc2ccc(C(C)(C)C)cc2)c1. The van der Waals surface area contributed by atoms with Crippen molar-refractivity contribution in [1.29, 1.82) is 0 Å². The predicted molar refractivity (Wildman–Crippen MR) is 92.2 cm³/mol. The third kappa shape index (κ3) is 4.85. The molecule has 0 radical (unpaired) electrons. The van der Waals surface area contributed by atoms with Gasteiger partial charge in [0.05, 0.1) is 0 Å². The van der Waals surface area contributed by atoms with Crippen LogP contribution in [0.15, 0.2) is 42.5 Å². The molecule has 0 fully saturated rings. The molecule has 3 nitrogen and oxygen atoms in total. The Labute approximate surface area is 138 Å². The first kappa shape index (κ1) is 17.1. The van der Waals surface area contributed by atoms with Crippen LogP contribution in [0, 0.1) is 13.8 Å². The number of benzene rings is 2. The second-order valence-electron chi connectivity index (χ2n) is 6.81. The molecule has 2 aromatic rings. The summed E-state index contributed by atoms with van der Waals surface area (Å²) in [5.41, 5.74) is 3.37. The van der Waals surface area contributed by atoms with Gasteiger partial charge in [-0.25, -0.2) is 4.79 Å². The molecule has 0 unspecified atom stereocenters. The first-order valence-corrected chi connectivity index (χ1v) is 7.77. The van der Waals surface area contributed by atoms with Gasteiger partial charge in [0.1, 0.15) is 11.5 Å². The molecule has 0 aliphatic heterocycles. The number of carbonyl (C=O) groups excluding carboxylic acids is 1. The monoisotopic (exact) mass is 312 g/mol. The van der Waals surface area contributed by atoms with Gasteiger partial charge in [-0.15, -0.1) is 0 Å². The van der Waals surface area contributed by atoms with Crippen molar-refractivity contribution in [3.8, 4) is 11.5 Å². The highest BCUT2D eigenvalue weighted by Crippen LogP contribution is 2.24. The number of hydrogen-bond donors (Lipinski definition) is 0. The molecule has 23 heavy (non-hydrogen) atoms. The molecule has 0 aliphatic carbocycles. The van der Waals surface area contributed by atoms with Crippen molar-refractivity contribution < 1.29 is 14.3 Å². The normalized spacial score (nSPS) is 11.2. The summed E-state index contributed by atoms with van der Waals surface area (Å²) in [7, 11) is 0. The van der Waals surface area contributed by atoms with Crippen LogP contribution in [0.5, 0.6) is 11.5 Å². The topological polar surface area (TPSA) is 35.5 Å². The highest BCUT2D eigenvalue weighted by molar-refractivity contribution is 5.74. The zero-order chi connectivity index (χ0) is 17.0. The summed E-state index contributed by atoms with van der Waals surface area (Å²) in [6.45, 7) is 10.3. The van der Waals surface area contributed by atoms with Crippen molar-refractivity contribution in [2.45, 2.75) is 40.0 Å². The molecule has 3 heteroatoms. The first-order chi connectivity index (χ1) is 10.8. The summed E-state index contributed by atoms with van der Waals surface area (Å²) in [5, 5.41) is 0. The van der Waals surface area contributed by atoms with Crippen molar-refractivity contribution in [3.05, 3.63) is 59.2 Å². The van der Waals surface area contributed by atoms with Crippen molar-refractivity contribution in [3.63, 3.8) is 0 Å². The smallest absolute Gasteiger partial charge is 0.349 e. The number of carbonyl (C=O) groups is 1. The van der Waals surface area contributed by atoms with Gasteiger partial charge in [-0.2, -0.15) is 0 Å². The largest absolute Gasteiger partial charge is 0.482 e. The van der Waals surface area contributed by atoms with Crippen LogP contribution >= 0.6 is 0 Å². The maximum absolute atomic E-state index is 11.9. The predicted octanol–water partition coefficient (Wildman–Crippen LogP) is 4.59. The van der Waals surface area contributed by atoms with Gasteiger partial charge in [0.25, 0.3) is 0 Å². The average Bonchev–Trinajstić information content (AvgIpc) is 2.48. The lowest BCUT2D eigenvalue weighted by molar-refractivity contribution is -0.136. The fraction of sp³-hybridized carbons (Fsp3) is 0.350. The molecule has 0 bridgehead atoms. The lowest BCUT2D eigenvalue weighted by Gasteiger charge is -2.19. The highest BCUT2D eigenvalue weighted by Gasteiger charge is 2.14. The molecule has 0 aliphatic rings. The summed E-state index contributed by atoms with van der Waals surface area (Å²) in [6, 6.07) is 13.5.